The van der Waals surface area contributed by atoms with Gasteiger partial charge in [-0.3, -0.25) is 0 Å². The van der Waals surface area contributed by atoms with Crippen LogP contribution in [0, 0.1) is 0 Å². The fourth-order valence-electron chi connectivity index (χ4n) is 3.41. The Morgan fingerprint density at radius 1 is 0.931 bits per heavy atom. The summed E-state index contributed by atoms with van der Waals surface area (Å²) in [7, 11) is 0. The van der Waals surface area contributed by atoms with Crippen LogP contribution in [0.5, 0.6) is 0 Å². The van der Waals surface area contributed by atoms with Gasteiger partial charge in [0, 0.05) is 39.3 Å². The number of nitrogens with two attached hydrogens (primary N) is 1. The van der Waals surface area contributed by atoms with Gasteiger partial charge in [-0.2, -0.15) is 15.0 Å². The first kappa shape index (κ1) is 21.9. The van der Waals surface area contributed by atoms with Gasteiger partial charge in [-0.25, -0.2) is 0 Å². The molecule has 1 atom stereocenters. The van der Waals surface area contributed by atoms with Crippen LogP contribution in [0.25, 0.3) is 0 Å². The number of ether oxygens (including phenoxy) is 3. The van der Waals surface area contributed by atoms with Crippen LogP contribution >= 0.6 is 0 Å². The Morgan fingerprint density at radius 2 is 1.69 bits per heavy atom. The maximum Gasteiger partial charge on any atom is 0.231 e. The summed E-state index contributed by atoms with van der Waals surface area (Å²) < 4.78 is 16.5. The third-order valence-electron chi connectivity index (χ3n) is 4.94. The molecule has 0 bridgehead atoms. The van der Waals surface area contributed by atoms with Gasteiger partial charge >= 0.3 is 0 Å². The van der Waals surface area contributed by atoms with Crippen molar-refractivity contribution in [2.75, 3.05) is 81.3 Å². The average molecular weight is 410 g/mol. The predicted octanol–water partition coefficient (Wildman–Crippen LogP) is 0.857. The second-order valence-electron chi connectivity index (χ2n) is 7.29. The van der Waals surface area contributed by atoms with Crippen molar-refractivity contribution in [1.29, 1.82) is 0 Å². The Balaban J connectivity index is 1.50. The number of nitrogens with one attached hydrogen (secondary N) is 2. The zero-order valence-corrected chi connectivity index (χ0v) is 17.3. The molecule has 0 spiro atoms. The lowest BCUT2D eigenvalue weighted by Gasteiger charge is -2.27. The van der Waals surface area contributed by atoms with Crippen LogP contribution in [0.4, 0.5) is 17.8 Å². The molecule has 2 fully saturated rings. The number of hydrogen-bond donors (Lipinski definition) is 3. The van der Waals surface area contributed by atoms with Gasteiger partial charge in [0.2, 0.25) is 17.8 Å². The predicted molar refractivity (Wildman–Crippen MR) is 113 cm³/mol. The van der Waals surface area contributed by atoms with Gasteiger partial charge in [-0.15, -0.1) is 0 Å². The van der Waals surface area contributed by atoms with Crippen LogP contribution in [-0.2, 0) is 14.2 Å². The van der Waals surface area contributed by atoms with E-state index in [1.54, 1.807) is 0 Å². The molecule has 0 amide bonds. The minimum Gasteiger partial charge on any atom is -0.378 e. The van der Waals surface area contributed by atoms with E-state index in [1.807, 2.05) is 0 Å². The molecule has 3 heterocycles. The fourth-order valence-corrected chi connectivity index (χ4v) is 3.41. The zero-order valence-electron chi connectivity index (χ0n) is 17.3. The average Bonchev–Trinajstić information content (AvgIpc) is 3.28. The summed E-state index contributed by atoms with van der Waals surface area (Å²) in [6.45, 7) is 6.89. The van der Waals surface area contributed by atoms with E-state index in [4.69, 9.17) is 19.9 Å². The lowest BCUT2D eigenvalue weighted by atomic mass is 10.1. The van der Waals surface area contributed by atoms with Crippen LogP contribution in [-0.4, -0.2) is 86.8 Å². The monoisotopic (exact) mass is 409 g/mol. The van der Waals surface area contributed by atoms with E-state index < -0.39 is 0 Å². The van der Waals surface area contributed by atoms with Crippen LogP contribution in [0.3, 0.4) is 0 Å². The highest BCUT2D eigenvalue weighted by Gasteiger charge is 2.18. The summed E-state index contributed by atoms with van der Waals surface area (Å²) in [5, 5.41) is 6.57. The van der Waals surface area contributed by atoms with Crippen molar-refractivity contribution in [3.05, 3.63) is 0 Å². The van der Waals surface area contributed by atoms with Crippen LogP contribution in [0.1, 0.15) is 32.1 Å². The lowest BCUT2D eigenvalue weighted by Crippen LogP contribution is -2.32. The Kier molecular flexibility index (Phi) is 9.64. The molecule has 29 heavy (non-hydrogen) atoms. The molecule has 3 rings (SSSR count). The number of hydrogen-bond acceptors (Lipinski definition) is 10. The Morgan fingerprint density at radius 3 is 2.41 bits per heavy atom. The highest BCUT2D eigenvalue weighted by Crippen LogP contribution is 2.19. The van der Waals surface area contributed by atoms with Gasteiger partial charge in [0.25, 0.3) is 0 Å². The molecule has 4 N–H and O–H groups in total. The minimum atomic E-state index is 0.233. The van der Waals surface area contributed by atoms with Gasteiger partial charge in [-0.1, -0.05) is 0 Å². The third kappa shape index (κ3) is 7.88. The van der Waals surface area contributed by atoms with Crippen molar-refractivity contribution in [2.24, 2.45) is 5.73 Å². The lowest BCUT2D eigenvalue weighted by molar-refractivity contribution is 0.0547. The highest BCUT2D eigenvalue weighted by molar-refractivity contribution is 5.44. The van der Waals surface area contributed by atoms with Crippen molar-refractivity contribution in [2.45, 2.75) is 38.2 Å². The first-order valence-corrected chi connectivity index (χ1v) is 10.8. The molecule has 2 saturated heterocycles. The topological polar surface area (TPSA) is 120 Å². The van der Waals surface area contributed by atoms with E-state index in [0.29, 0.717) is 51.4 Å². The Labute approximate surface area is 172 Å². The summed E-state index contributed by atoms with van der Waals surface area (Å²) in [6.07, 6.45) is 6.04. The number of piperidine rings is 1. The molecule has 10 heteroatoms. The maximum atomic E-state index is 5.68. The number of aromatic nitrogens is 3. The molecule has 164 valence electrons. The van der Waals surface area contributed by atoms with Crippen LogP contribution in [0.2, 0.25) is 0 Å². The summed E-state index contributed by atoms with van der Waals surface area (Å²) in [4.78, 5) is 16.0. The van der Waals surface area contributed by atoms with E-state index in [2.05, 4.69) is 30.5 Å². The molecule has 0 aromatic carbocycles. The summed E-state index contributed by atoms with van der Waals surface area (Å²) in [5.74, 6) is 1.89. The van der Waals surface area contributed by atoms with E-state index >= 15 is 0 Å². The molecule has 2 aliphatic rings. The van der Waals surface area contributed by atoms with Crippen molar-refractivity contribution < 1.29 is 14.2 Å². The second-order valence-corrected chi connectivity index (χ2v) is 7.29. The van der Waals surface area contributed by atoms with Gasteiger partial charge in [0.15, 0.2) is 0 Å². The molecule has 0 radical (unpaired) electrons. The second kappa shape index (κ2) is 12.7. The number of anilines is 3. The standard InChI is InChI=1S/C19H35N7O3/c20-6-11-27-13-14-28-12-7-21-17-23-18(22-15-16-5-4-10-29-16)25-19(24-17)26-8-2-1-3-9-26/h16H,1-15,20H2,(H2,21,22,23,24,25). The largest absolute Gasteiger partial charge is 0.378 e. The first-order chi connectivity index (χ1) is 14.3. The molecular formula is C19H35N7O3. The van der Waals surface area contributed by atoms with E-state index in [9.17, 15) is 0 Å². The zero-order chi connectivity index (χ0) is 20.2. The summed E-state index contributed by atoms with van der Waals surface area (Å²) in [6, 6.07) is 0. The van der Waals surface area contributed by atoms with Crippen LogP contribution in [0.15, 0.2) is 0 Å². The van der Waals surface area contributed by atoms with Crippen LogP contribution < -0.4 is 21.3 Å². The van der Waals surface area contributed by atoms with Gasteiger partial charge < -0.3 is 35.5 Å². The van der Waals surface area contributed by atoms with Crippen molar-refractivity contribution >= 4 is 17.8 Å². The molecule has 2 aliphatic heterocycles. The van der Waals surface area contributed by atoms with Crippen molar-refractivity contribution in [1.82, 2.24) is 15.0 Å². The summed E-state index contributed by atoms with van der Waals surface area (Å²) in [5.41, 5.74) is 5.38. The maximum absolute atomic E-state index is 5.68. The SMILES string of the molecule is NCCOCCOCCNc1nc(NCC2CCCO2)nc(N2CCCCC2)n1. The molecule has 1 aromatic rings. The Hall–Kier alpha value is -1.75. The van der Waals surface area contributed by atoms with Gasteiger partial charge in [0.05, 0.1) is 32.5 Å². The fraction of sp³-hybridized carbons (Fsp3) is 0.842. The molecule has 1 aromatic heterocycles. The molecule has 10 nitrogen and oxygen atoms in total. The number of rotatable bonds is 13. The third-order valence-corrected chi connectivity index (χ3v) is 4.94. The molecule has 0 saturated carbocycles. The Bertz CT molecular complexity index is 581. The molecule has 0 aliphatic carbocycles. The quantitative estimate of drug-likeness (QED) is 0.405. The van der Waals surface area contributed by atoms with Crippen molar-refractivity contribution in [3.63, 3.8) is 0 Å². The minimum absolute atomic E-state index is 0.233. The smallest absolute Gasteiger partial charge is 0.231 e. The van der Waals surface area contributed by atoms with Crippen molar-refractivity contribution in [3.8, 4) is 0 Å². The van der Waals surface area contributed by atoms with E-state index in [0.717, 1.165) is 45.0 Å². The van der Waals surface area contributed by atoms with E-state index in [1.165, 1.54) is 19.3 Å². The normalized spacial score (nSPS) is 19.5. The molecular weight excluding hydrogens is 374 g/mol. The summed E-state index contributed by atoms with van der Waals surface area (Å²) >= 11 is 0. The molecule has 1 unspecified atom stereocenters. The highest BCUT2D eigenvalue weighted by atomic mass is 16.5. The number of nitrogens with zero attached hydrogens (tertiary/aromatic N) is 4. The van der Waals surface area contributed by atoms with Gasteiger partial charge in [-0.05, 0) is 32.1 Å². The van der Waals surface area contributed by atoms with Gasteiger partial charge in [0.1, 0.15) is 0 Å². The first-order valence-electron chi connectivity index (χ1n) is 10.8. The van der Waals surface area contributed by atoms with E-state index in [-0.39, 0.29) is 6.10 Å².